The van der Waals surface area contributed by atoms with Gasteiger partial charge in [0.25, 0.3) is 0 Å². The number of aromatic nitrogens is 2. The average molecular weight is 233 g/mol. The van der Waals surface area contributed by atoms with Crippen LogP contribution < -0.4 is 4.72 Å². The normalized spacial score (nSPS) is 13.7. The Balaban J connectivity index is 2.66. The van der Waals surface area contributed by atoms with E-state index in [1.54, 1.807) is 6.92 Å². The smallest absolute Gasteiger partial charge is 0.320 e. The van der Waals surface area contributed by atoms with Gasteiger partial charge in [-0.3, -0.25) is 9.89 Å². The Morgan fingerprint density at radius 2 is 2.40 bits per heavy atom. The molecule has 3 N–H and O–H groups in total. The first-order chi connectivity index (χ1) is 6.91. The van der Waals surface area contributed by atoms with Gasteiger partial charge in [-0.25, -0.2) is 13.1 Å². The summed E-state index contributed by atoms with van der Waals surface area (Å²) >= 11 is 0. The van der Waals surface area contributed by atoms with Crippen LogP contribution in [-0.2, 0) is 14.8 Å². The summed E-state index contributed by atoms with van der Waals surface area (Å²) < 4.78 is 24.7. The highest BCUT2D eigenvalue weighted by Gasteiger charge is 2.19. The van der Waals surface area contributed by atoms with Gasteiger partial charge < -0.3 is 5.11 Å². The third-order valence-corrected chi connectivity index (χ3v) is 3.03. The van der Waals surface area contributed by atoms with Crippen LogP contribution in [0.15, 0.2) is 12.4 Å². The van der Waals surface area contributed by atoms with Crippen LogP contribution >= 0.6 is 0 Å². The van der Waals surface area contributed by atoms with Crippen molar-refractivity contribution in [3.8, 4) is 0 Å². The van der Waals surface area contributed by atoms with Gasteiger partial charge in [-0.05, 0) is 6.92 Å². The summed E-state index contributed by atoms with van der Waals surface area (Å²) in [5.41, 5.74) is 0.643. The van der Waals surface area contributed by atoms with Crippen molar-refractivity contribution >= 4 is 16.0 Å². The molecule has 0 aromatic carbocycles. The van der Waals surface area contributed by atoms with Crippen molar-refractivity contribution in [3.63, 3.8) is 0 Å². The zero-order valence-corrected chi connectivity index (χ0v) is 8.78. The minimum absolute atomic E-state index is 0.506. The molecule has 0 radical (unpaired) electrons. The Hall–Kier alpha value is -1.41. The van der Waals surface area contributed by atoms with E-state index in [1.807, 2.05) is 0 Å². The van der Waals surface area contributed by atoms with E-state index < -0.39 is 27.8 Å². The summed E-state index contributed by atoms with van der Waals surface area (Å²) in [4.78, 5) is 10.2. The number of nitrogens with one attached hydrogen (secondary N) is 2. The lowest BCUT2D eigenvalue weighted by molar-refractivity contribution is -0.134. The molecule has 1 atom stereocenters. The number of H-pyrrole nitrogens is 1. The largest absolute Gasteiger partial charge is 0.480 e. The number of hydrogen-bond donors (Lipinski definition) is 3. The van der Waals surface area contributed by atoms with Gasteiger partial charge in [0.15, 0.2) is 5.75 Å². The van der Waals surface area contributed by atoms with Gasteiger partial charge in [0.1, 0.15) is 0 Å². The van der Waals surface area contributed by atoms with Crippen LogP contribution in [0.5, 0.6) is 0 Å². The van der Waals surface area contributed by atoms with Crippen LogP contribution in [0.1, 0.15) is 18.5 Å². The predicted octanol–water partition coefficient (Wildman–Crippen LogP) is -0.525. The molecule has 0 saturated carbocycles. The first-order valence-corrected chi connectivity index (χ1v) is 5.76. The highest BCUT2D eigenvalue weighted by molar-refractivity contribution is 7.90. The quantitative estimate of drug-likeness (QED) is 0.633. The van der Waals surface area contributed by atoms with Gasteiger partial charge in [-0.15, -0.1) is 0 Å². The minimum atomic E-state index is -3.80. The van der Waals surface area contributed by atoms with Gasteiger partial charge in [0.05, 0.1) is 6.20 Å². The van der Waals surface area contributed by atoms with Crippen molar-refractivity contribution in [3.05, 3.63) is 18.0 Å². The molecule has 7 nitrogen and oxygen atoms in total. The van der Waals surface area contributed by atoms with Crippen molar-refractivity contribution in [1.82, 2.24) is 14.9 Å². The van der Waals surface area contributed by atoms with Crippen LogP contribution in [0.25, 0.3) is 0 Å². The number of aromatic amines is 1. The Bertz CT molecular complexity index is 425. The third kappa shape index (κ3) is 3.68. The van der Waals surface area contributed by atoms with E-state index in [-0.39, 0.29) is 0 Å². The minimum Gasteiger partial charge on any atom is -0.480 e. The second-order valence-corrected chi connectivity index (χ2v) is 4.78. The molecule has 0 aliphatic carbocycles. The Morgan fingerprint density at radius 1 is 1.73 bits per heavy atom. The fraction of sp³-hybridized carbons (Fsp3) is 0.429. The number of sulfonamides is 1. The van der Waals surface area contributed by atoms with E-state index >= 15 is 0 Å². The molecule has 15 heavy (non-hydrogen) atoms. The Kier molecular flexibility index (Phi) is 3.43. The number of carboxylic acid groups (broad SMARTS) is 1. The SMILES string of the molecule is CC(NS(=O)(=O)CC(=O)O)c1cn[nH]c1. The molecule has 0 spiro atoms. The predicted molar refractivity (Wildman–Crippen MR) is 51.6 cm³/mol. The Labute approximate surface area is 86.6 Å². The van der Waals surface area contributed by atoms with E-state index in [0.29, 0.717) is 5.56 Å². The number of hydrogen-bond acceptors (Lipinski definition) is 4. The number of carboxylic acids is 1. The van der Waals surface area contributed by atoms with E-state index in [2.05, 4.69) is 14.9 Å². The molecule has 1 unspecified atom stereocenters. The molecule has 1 aromatic rings. The maximum atomic E-state index is 11.2. The van der Waals surface area contributed by atoms with Crippen molar-refractivity contribution < 1.29 is 18.3 Å². The van der Waals surface area contributed by atoms with Crippen LogP contribution in [0.2, 0.25) is 0 Å². The van der Waals surface area contributed by atoms with E-state index in [1.165, 1.54) is 12.4 Å². The van der Waals surface area contributed by atoms with Gasteiger partial charge in [0.2, 0.25) is 10.0 Å². The van der Waals surface area contributed by atoms with Crippen molar-refractivity contribution in [2.45, 2.75) is 13.0 Å². The fourth-order valence-corrected chi connectivity index (χ4v) is 2.12. The molecule has 0 saturated heterocycles. The first kappa shape index (κ1) is 11.7. The summed E-state index contributed by atoms with van der Waals surface area (Å²) in [6.07, 6.45) is 3.00. The van der Waals surface area contributed by atoms with Crippen molar-refractivity contribution in [2.75, 3.05) is 5.75 Å². The summed E-state index contributed by atoms with van der Waals surface area (Å²) in [7, 11) is -3.80. The molecule has 84 valence electrons. The number of aliphatic carboxylic acids is 1. The highest BCUT2D eigenvalue weighted by Crippen LogP contribution is 2.10. The van der Waals surface area contributed by atoms with E-state index in [0.717, 1.165) is 0 Å². The second-order valence-electron chi connectivity index (χ2n) is 3.02. The molecule has 0 aliphatic rings. The van der Waals surface area contributed by atoms with Crippen LogP contribution in [0.3, 0.4) is 0 Å². The number of nitrogens with zero attached hydrogens (tertiary/aromatic N) is 1. The van der Waals surface area contributed by atoms with Crippen molar-refractivity contribution in [2.24, 2.45) is 0 Å². The average Bonchev–Trinajstić information content (AvgIpc) is 2.50. The lowest BCUT2D eigenvalue weighted by Crippen LogP contribution is -2.31. The summed E-state index contributed by atoms with van der Waals surface area (Å²) in [5, 5.41) is 14.5. The molecule has 1 rings (SSSR count). The zero-order valence-electron chi connectivity index (χ0n) is 7.97. The standard InChI is InChI=1S/C7H11N3O4S/c1-5(6-2-8-9-3-6)10-15(13,14)4-7(11)12/h2-3,5,10H,4H2,1H3,(H,8,9)(H,11,12). The summed E-state index contributed by atoms with van der Waals surface area (Å²) in [6.45, 7) is 1.60. The maximum Gasteiger partial charge on any atom is 0.320 e. The molecular formula is C7H11N3O4S. The van der Waals surface area contributed by atoms with E-state index in [9.17, 15) is 13.2 Å². The van der Waals surface area contributed by atoms with Gasteiger partial charge in [-0.1, -0.05) is 0 Å². The molecule has 8 heteroatoms. The number of carbonyl (C=O) groups is 1. The monoisotopic (exact) mass is 233 g/mol. The van der Waals surface area contributed by atoms with Gasteiger partial charge in [0, 0.05) is 17.8 Å². The first-order valence-electron chi connectivity index (χ1n) is 4.11. The maximum absolute atomic E-state index is 11.2. The lowest BCUT2D eigenvalue weighted by Gasteiger charge is -2.10. The molecule has 1 heterocycles. The van der Waals surface area contributed by atoms with Crippen LogP contribution in [0.4, 0.5) is 0 Å². The molecule has 0 fully saturated rings. The summed E-state index contributed by atoms with van der Waals surface area (Å²) in [6, 6.07) is -0.506. The molecule has 0 bridgehead atoms. The zero-order chi connectivity index (χ0) is 11.5. The van der Waals surface area contributed by atoms with E-state index in [4.69, 9.17) is 5.11 Å². The summed E-state index contributed by atoms with van der Waals surface area (Å²) in [5.74, 6) is -2.32. The fourth-order valence-electron chi connectivity index (χ4n) is 1.04. The van der Waals surface area contributed by atoms with Crippen LogP contribution in [-0.4, -0.2) is 35.4 Å². The van der Waals surface area contributed by atoms with Gasteiger partial charge in [-0.2, -0.15) is 5.10 Å². The van der Waals surface area contributed by atoms with Crippen LogP contribution in [0, 0.1) is 0 Å². The van der Waals surface area contributed by atoms with Crippen molar-refractivity contribution in [1.29, 1.82) is 0 Å². The molecule has 0 aliphatic heterocycles. The highest BCUT2D eigenvalue weighted by atomic mass is 32.2. The third-order valence-electron chi connectivity index (χ3n) is 1.69. The number of rotatable bonds is 5. The Morgan fingerprint density at radius 3 is 2.87 bits per heavy atom. The lowest BCUT2D eigenvalue weighted by atomic mass is 10.2. The van der Waals surface area contributed by atoms with Gasteiger partial charge >= 0.3 is 5.97 Å². The topological polar surface area (TPSA) is 112 Å². The molecular weight excluding hydrogens is 222 g/mol. The molecule has 0 amide bonds. The molecule has 1 aromatic heterocycles. The second kappa shape index (κ2) is 4.41.